The molecule has 0 amide bonds. The molecule has 0 bridgehead atoms. The second-order valence-corrected chi connectivity index (χ2v) is 22.6. The molecule has 40 heavy (non-hydrogen) atoms. The van der Waals surface area contributed by atoms with Crippen LogP contribution in [0.15, 0.2) is 53.2 Å². The SMILES string of the molecule is C/C=C/[C@H](O[Si](C)(C)C(C)(C)C)C(C)(C)[C@H](C/C=C\[C@H]1O[C@H]1/C=C/C=C\c1nc(C(=O)OC)co1)O[Si](C)(C)C. The largest absolute Gasteiger partial charge is 0.464 e. The summed E-state index contributed by atoms with van der Waals surface area (Å²) in [6.45, 7) is 24.8. The third kappa shape index (κ3) is 10.1. The minimum atomic E-state index is -1.99. The molecule has 2 heterocycles. The van der Waals surface area contributed by atoms with Crippen molar-refractivity contribution in [3.8, 4) is 0 Å². The first-order chi connectivity index (χ1) is 18.4. The molecule has 9 heteroatoms. The molecular formula is C31H51NO6Si2. The van der Waals surface area contributed by atoms with Crippen LogP contribution < -0.4 is 0 Å². The van der Waals surface area contributed by atoms with Gasteiger partial charge in [-0.05, 0) is 51.1 Å². The molecule has 0 unspecified atom stereocenters. The van der Waals surface area contributed by atoms with Crippen molar-refractivity contribution < 1.29 is 27.5 Å². The molecule has 1 aromatic heterocycles. The fourth-order valence-corrected chi connectivity index (χ4v) is 6.50. The number of carbonyl (C=O) groups excluding carboxylic acids is 1. The lowest BCUT2D eigenvalue weighted by atomic mass is 9.79. The van der Waals surface area contributed by atoms with Crippen molar-refractivity contribution in [2.75, 3.05) is 7.11 Å². The molecule has 0 N–H and O–H groups in total. The third-order valence-electron chi connectivity index (χ3n) is 7.46. The summed E-state index contributed by atoms with van der Waals surface area (Å²) in [4.78, 5) is 15.5. The summed E-state index contributed by atoms with van der Waals surface area (Å²) in [5.41, 5.74) is -0.0839. The molecule has 0 spiro atoms. The molecule has 0 aliphatic carbocycles. The molecule has 1 fully saturated rings. The van der Waals surface area contributed by atoms with Gasteiger partial charge in [-0.3, -0.25) is 0 Å². The van der Waals surface area contributed by atoms with Crippen molar-refractivity contribution in [1.29, 1.82) is 0 Å². The minimum absolute atomic E-state index is 0.00716. The van der Waals surface area contributed by atoms with Gasteiger partial charge in [0, 0.05) is 11.5 Å². The number of esters is 1. The number of oxazole rings is 1. The molecule has 0 saturated carbocycles. The summed E-state index contributed by atoms with van der Waals surface area (Å²) in [5, 5.41) is 0.124. The summed E-state index contributed by atoms with van der Waals surface area (Å²) in [5.74, 6) is -0.190. The van der Waals surface area contributed by atoms with E-state index < -0.39 is 22.6 Å². The fourth-order valence-electron chi connectivity index (χ4n) is 3.88. The molecule has 0 radical (unpaired) electrons. The number of hydrogen-bond donors (Lipinski definition) is 0. The molecular weight excluding hydrogens is 539 g/mol. The van der Waals surface area contributed by atoms with Crippen LogP contribution in [0.3, 0.4) is 0 Å². The zero-order chi connectivity index (χ0) is 30.4. The average Bonchev–Trinajstić information content (AvgIpc) is 3.40. The molecule has 4 atom stereocenters. The van der Waals surface area contributed by atoms with E-state index in [4.69, 9.17) is 18.0 Å². The van der Waals surface area contributed by atoms with E-state index in [1.807, 2.05) is 12.2 Å². The Bertz CT molecular complexity index is 1090. The summed E-state index contributed by atoms with van der Waals surface area (Å²) < 4.78 is 29.4. The molecule has 7 nitrogen and oxygen atoms in total. The molecule has 0 aromatic carbocycles. The highest BCUT2D eigenvalue weighted by Gasteiger charge is 2.45. The zero-order valence-corrected chi connectivity index (χ0v) is 28.6. The van der Waals surface area contributed by atoms with E-state index in [1.165, 1.54) is 13.4 Å². The zero-order valence-electron chi connectivity index (χ0n) is 26.6. The quantitative estimate of drug-likeness (QED) is 0.0715. The lowest BCUT2D eigenvalue weighted by Crippen LogP contribution is -2.52. The Morgan fingerprint density at radius 1 is 1.05 bits per heavy atom. The Morgan fingerprint density at radius 3 is 2.27 bits per heavy atom. The number of carbonyl (C=O) groups is 1. The first-order valence-electron chi connectivity index (χ1n) is 14.1. The number of epoxide rings is 1. The summed E-state index contributed by atoms with van der Waals surface area (Å²) in [6.07, 6.45) is 18.1. The van der Waals surface area contributed by atoms with E-state index in [1.54, 1.807) is 12.2 Å². The van der Waals surface area contributed by atoms with Gasteiger partial charge in [-0.2, -0.15) is 0 Å². The predicted molar refractivity (Wildman–Crippen MR) is 167 cm³/mol. The van der Waals surface area contributed by atoms with Crippen molar-refractivity contribution in [2.45, 2.75) is 110 Å². The van der Waals surface area contributed by atoms with Crippen molar-refractivity contribution in [2.24, 2.45) is 5.41 Å². The molecule has 2 rings (SSSR count). The third-order valence-corrected chi connectivity index (χ3v) is 12.9. The smallest absolute Gasteiger partial charge is 0.360 e. The normalized spacial score (nSPS) is 20.7. The van der Waals surface area contributed by atoms with Crippen LogP contribution in [0.25, 0.3) is 6.08 Å². The highest BCUT2D eigenvalue weighted by Crippen LogP contribution is 2.42. The van der Waals surface area contributed by atoms with Gasteiger partial charge in [-0.15, -0.1) is 0 Å². The molecule has 1 saturated heterocycles. The van der Waals surface area contributed by atoms with Crippen LogP contribution in [-0.2, 0) is 18.3 Å². The topological polar surface area (TPSA) is 83.3 Å². The average molecular weight is 590 g/mol. The van der Waals surface area contributed by atoms with Crippen molar-refractivity contribution in [3.63, 3.8) is 0 Å². The van der Waals surface area contributed by atoms with Gasteiger partial charge in [-0.25, -0.2) is 9.78 Å². The van der Waals surface area contributed by atoms with E-state index in [0.29, 0.717) is 5.89 Å². The first kappa shape index (κ1) is 34.2. The van der Waals surface area contributed by atoms with Crippen LogP contribution >= 0.6 is 0 Å². The maximum atomic E-state index is 11.5. The van der Waals surface area contributed by atoms with Gasteiger partial charge >= 0.3 is 5.97 Å². The maximum Gasteiger partial charge on any atom is 0.360 e. The predicted octanol–water partition coefficient (Wildman–Crippen LogP) is 7.96. The minimum Gasteiger partial charge on any atom is -0.464 e. The standard InChI is InChI=1S/C31H51NO6Si2/c1-13-17-26(38-40(11,12)30(2,3)4)31(5,6)27(37-39(8,9)10)20-16-19-25-24(36-25)18-14-15-21-28-32-23(22-35-28)29(33)34-7/h13-19,21-22,24-27H,20H2,1-12H3/b17-13+,18-14+,19-16-,21-15-/t24-,25+,26-,27-/m0/s1. The maximum absolute atomic E-state index is 11.5. The van der Waals surface area contributed by atoms with Crippen molar-refractivity contribution in [1.82, 2.24) is 4.98 Å². The number of hydrogen-bond acceptors (Lipinski definition) is 7. The highest BCUT2D eigenvalue weighted by atomic mass is 28.4. The van der Waals surface area contributed by atoms with Crippen molar-refractivity contribution >= 4 is 28.7 Å². The van der Waals surface area contributed by atoms with Crippen LogP contribution in [0.4, 0.5) is 0 Å². The number of nitrogens with zero attached hydrogens (tertiary/aromatic N) is 1. The number of methoxy groups -OCH3 is 1. The summed E-state index contributed by atoms with van der Waals surface area (Å²) >= 11 is 0. The van der Waals surface area contributed by atoms with E-state index in [-0.39, 0.29) is 40.6 Å². The molecule has 1 aromatic rings. The second-order valence-electron chi connectivity index (χ2n) is 13.4. The van der Waals surface area contributed by atoms with Gasteiger partial charge in [0.05, 0.1) is 19.3 Å². The highest BCUT2D eigenvalue weighted by molar-refractivity contribution is 6.74. The van der Waals surface area contributed by atoms with Gasteiger partial charge in [0.2, 0.25) is 5.89 Å². The molecule has 224 valence electrons. The lowest BCUT2D eigenvalue weighted by Gasteiger charge is -2.47. The van der Waals surface area contributed by atoms with Crippen LogP contribution in [0.5, 0.6) is 0 Å². The van der Waals surface area contributed by atoms with Crippen LogP contribution in [0, 0.1) is 5.41 Å². The number of ether oxygens (including phenoxy) is 2. The van der Waals surface area contributed by atoms with E-state index in [9.17, 15) is 4.79 Å². The Morgan fingerprint density at radius 2 is 1.70 bits per heavy atom. The molecule has 1 aliphatic heterocycles. The van der Waals surface area contributed by atoms with Gasteiger partial charge in [-0.1, -0.05) is 77.2 Å². The molecule has 1 aliphatic rings. The van der Waals surface area contributed by atoms with E-state index in [0.717, 1.165) is 6.42 Å². The number of rotatable bonds is 14. The second kappa shape index (κ2) is 13.7. The van der Waals surface area contributed by atoms with E-state index in [2.05, 4.69) is 108 Å². The van der Waals surface area contributed by atoms with Crippen LogP contribution in [0.1, 0.15) is 64.3 Å². The first-order valence-corrected chi connectivity index (χ1v) is 20.4. The summed E-state index contributed by atoms with van der Waals surface area (Å²) in [7, 11) is -2.50. The summed E-state index contributed by atoms with van der Waals surface area (Å²) in [6, 6.07) is 0. The number of allylic oxidation sites excluding steroid dienone is 3. The lowest BCUT2D eigenvalue weighted by molar-refractivity contribution is -0.00789. The van der Waals surface area contributed by atoms with Crippen LogP contribution in [-0.4, -0.2) is 59.1 Å². The van der Waals surface area contributed by atoms with Crippen LogP contribution in [0.2, 0.25) is 37.8 Å². The van der Waals surface area contributed by atoms with Gasteiger partial charge < -0.3 is 22.7 Å². The Kier molecular flexibility index (Phi) is 11.7. The van der Waals surface area contributed by atoms with E-state index >= 15 is 0 Å². The van der Waals surface area contributed by atoms with Gasteiger partial charge in [0.25, 0.3) is 0 Å². The monoisotopic (exact) mass is 589 g/mol. The van der Waals surface area contributed by atoms with Gasteiger partial charge in [0.1, 0.15) is 18.5 Å². The Balaban J connectivity index is 2.05. The van der Waals surface area contributed by atoms with Gasteiger partial charge in [0.15, 0.2) is 22.3 Å². The number of aromatic nitrogens is 1. The Hall–Kier alpha value is -2.05. The van der Waals surface area contributed by atoms with Crippen molar-refractivity contribution in [3.05, 3.63) is 60.4 Å². The fraction of sp³-hybridized carbons (Fsp3) is 0.613. The Labute approximate surface area is 244 Å².